The highest BCUT2D eigenvalue weighted by atomic mass is 16.5. The molecule has 1 spiro atoms. The summed E-state index contributed by atoms with van der Waals surface area (Å²) in [5, 5.41) is 30.0. The largest absolute Gasteiger partial charge is 0.497 e. The third-order valence-electron chi connectivity index (χ3n) is 13.7. The molecule has 1 saturated carbocycles. The van der Waals surface area contributed by atoms with E-state index in [4.69, 9.17) is 24.4 Å². The number of aromatic nitrogens is 8. The Bertz CT molecular complexity index is 3140. The lowest BCUT2D eigenvalue weighted by Crippen LogP contribution is -2.45. The highest BCUT2D eigenvalue weighted by molar-refractivity contribution is 5.92. The second-order valence-corrected chi connectivity index (χ2v) is 17.9. The molecule has 3 saturated heterocycles. The molecule has 7 aromatic rings. The number of ether oxygens (including phenoxy) is 2. The summed E-state index contributed by atoms with van der Waals surface area (Å²) in [6, 6.07) is 21.3. The molecule has 3 aromatic carbocycles. The van der Waals surface area contributed by atoms with Gasteiger partial charge in [0.25, 0.3) is 5.56 Å². The monoisotopic (exact) mass is 919 g/mol. The van der Waals surface area contributed by atoms with Gasteiger partial charge in [0.1, 0.15) is 33.7 Å². The molecule has 0 radical (unpaired) electrons. The molecule has 11 rings (SSSR count). The first kappa shape index (κ1) is 43.0. The lowest BCUT2D eigenvalue weighted by atomic mass is 9.90. The van der Waals surface area contributed by atoms with E-state index in [1.165, 1.54) is 6.20 Å². The summed E-state index contributed by atoms with van der Waals surface area (Å²) in [7, 11) is 1.60. The molecule has 4 aliphatic rings. The van der Waals surface area contributed by atoms with Crippen LogP contribution in [0.5, 0.6) is 5.75 Å². The van der Waals surface area contributed by atoms with Crippen LogP contribution in [-0.2, 0) is 16.1 Å². The Labute approximate surface area is 389 Å². The molecule has 4 aromatic heterocycles. The average molecular weight is 920 g/mol. The van der Waals surface area contributed by atoms with Crippen molar-refractivity contribution in [1.29, 1.82) is 0 Å². The second-order valence-electron chi connectivity index (χ2n) is 17.9. The number of carboxylic acid groups (broad SMARTS) is 1. The van der Waals surface area contributed by atoms with Gasteiger partial charge in [-0.05, 0) is 85.3 Å². The Morgan fingerprint density at radius 2 is 1.56 bits per heavy atom. The highest BCUT2D eigenvalue weighted by Crippen LogP contribution is 2.59. The third-order valence-corrected chi connectivity index (χ3v) is 13.7. The molecule has 68 heavy (non-hydrogen) atoms. The molecule has 0 amide bonds. The smallest absolute Gasteiger partial charge is 0.311 e. The molecule has 6 N–H and O–H groups in total. The minimum absolute atomic E-state index is 0.0519. The fourth-order valence-electron chi connectivity index (χ4n) is 9.79. The van der Waals surface area contributed by atoms with Gasteiger partial charge >= 0.3 is 11.5 Å². The Kier molecular flexibility index (Phi) is 11.3. The van der Waals surface area contributed by atoms with Crippen LogP contribution in [0.15, 0.2) is 88.7 Å². The number of carbonyl (C=O) groups is 1. The molecule has 348 valence electrons. The Balaban J connectivity index is 0.957. The zero-order chi connectivity index (χ0) is 46.4. The number of aromatic amines is 2. The molecule has 20 nitrogen and oxygen atoms in total. The van der Waals surface area contributed by atoms with Crippen LogP contribution in [0.2, 0.25) is 0 Å². The van der Waals surface area contributed by atoms with Crippen LogP contribution in [0.4, 0.5) is 34.6 Å². The van der Waals surface area contributed by atoms with Crippen molar-refractivity contribution in [2.75, 3.05) is 93.1 Å². The molecule has 0 bridgehead atoms. The van der Waals surface area contributed by atoms with E-state index in [0.717, 1.165) is 81.0 Å². The van der Waals surface area contributed by atoms with Gasteiger partial charge in [-0.3, -0.25) is 19.3 Å². The summed E-state index contributed by atoms with van der Waals surface area (Å²) >= 11 is 0. The first-order chi connectivity index (χ1) is 33.2. The number of hydrogen-bond acceptors (Lipinski definition) is 16. The quantitative estimate of drug-likeness (QED) is 0.0959. The normalized spacial score (nSPS) is 18.2. The summed E-state index contributed by atoms with van der Waals surface area (Å²) < 4.78 is 12.7. The maximum absolute atomic E-state index is 14.6. The number of methoxy groups -OCH3 is 1. The zero-order valence-electron chi connectivity index (χ0n) is 37.5. The first-order valence-electron chi connectivity index (χ1n) is 23.0. The van der Waals surface area contributed by atoms with Crippen molar-refractivity contribution in [3.05, 3.63) is 105 Å². The van der Waals surface area contributed by atoms with Gasteiger partial charge in [-0.15, -0.1) is 5.10 Å². The molecule has 1 aliphatic carbocycles. The molecule has 7 heterocycles. The summed E-state index contributed by atoms with van der Waals surface area (Å²) in [5.74, 6) is 1.30. The molecule has 20 heteroatoms. The molecule has 3 aliphatic heterocycles. The van der Waals surface area contributed by atoms with Crippen molar-refractivity contribution < 1.29 is 24.1 Å². The average Bonchev–Trinajstić information content (AvgIpc) is 4.08. The van der Waals surface area contributed by atoms with Gasteiger partial charge in [-0.1, -0.05) is 4.68 Å². The predicted octanol–water partition coefficient (Wildman–Crippen LogP) is 3.72. The molecule has 1 atom stereocenters. The van der Waals surface area contributed by atoms with Gasteiger partial charge < -0.3 is 40.3 Å². The molecule has 1 unspecified atom stereocenters. The van der Waals surface area contributed by atoms with Gasteiger partial charge in [0, 0.05) is 93.2 Å². The maximum Gasteiger partial charge on any atom is 0.311 e. The Morgan fingerprint density at radius 1 is 0.838 bits per heavy atom. The fraction of sp³-hybridized carbons (Fsp3) is 0.354. The van der Waals surface area contributed by atoms with Gasteiger partial charge in [-0.25, -0.2) is 20.1 Å². The summed E-state index contributed by atoms with van der Waals surface area (Å²) in [6.07, 6.45) is 5.83. The van der Waals surface area contributed by atoms with E-state index in [0.29, 0.717) is 84.0 Å². The maximum atomic E-state index is 14.6. The summed E-state index contributed by atoms with van der Waals surface area (Å²) in [6.45, 7) is 7.89. The number of H-pyrrole nitrogens is 2. The standard InChI is InChI=1S/C48H50N14O6/c1-67-34-10-3-29(4-11-34)41-53-36-26-50-57-44(63)39(36)42(55-41)52-32-5-2-30(27-59-18-14-49-15-19-59)38(24-32)62-28-37-40(45(64)58-62)43(56-47(54-37)61-20-22-68-23-21-61)51-31-6-8-33(9-7-31)60-16-12-48(13-17-60)25-35(48)46(65)66/h2-11,24,26,28,35,49H,12-23,25,27H2,1H3,(H4-,51,52,53,54,55,56,57,58,63,64,65,66)/p+1. The molecular weight excluding hydrogens is 869 g/mol. The van der Waals surface area contributed by atoms with Crippen molar-refractivity contribution >= 4 is 62.4 Å². The second kappa shape index (κ2) is 17.9. The van der Waals surface area contributed by atoms with Crippen LogP contribution in [0.25, 0.3) is 38.9 Å². The van der Waals surface area contributed by atoms with E-state index < -0.39 is 17.1 Å². The van der Waals surface area contributed by atoms with E-state index >= 15 is 0 Å². The number of fused-ring (bicyclic) bond motifs is 2. The van der Waals surface area contributed by atoms with Crippen molar-refractivity contribution in [3.8, 4) is 22.8 Å². The fourth-order valence-corrected chi connectivity index (χ4v) is 9.79. The number of rotatable bonds is 12. The number of nitrogens with zero attached hydrogens (tertiary/aromatic N) is 9. The number of piperidine rings is 1. The van der Waals surface area contributed by atoms with Crippen molar-refractivity contribution in [1.82, 2.24) is 45.4 Å². The lowest BCUT2D eigenvalue weighted by molar-refractivity contribution is -0.660. The predicted molar refractivity (Wildman–Crippen MR) is 255 cm³/mol. The molecular formula is C48H51N14O6+. The van der Waals surface area contributed by atoms with Crippen molar-refractivity contribution in [3.63, 3.8) is 0 Å². The topological polar surface area (TPSA) is 236 Å². The van der Waals surface area contributed by atoms with E-state index in [1.54, 1.807) is 11.8 Å². The number of hydrogen-bond donors (Lipinski definition) is 6. The highest BCUT2D eigenvalue weighted by Gasteiger charge is 2.58. The first-order valence-corrected chi connectivity index (χ1v) is 23.0. The van der Waals surface area contributed by atoms with Gasteiger partial charge in [0.05, 0.1) is 32.4 Å². The summed E-state index contributed by atoms with van der Waals surface area (Å²) in [4.78, 5) is 65.7. The SMILES string of the molecule is COc1ccc(-c2nc(Nc3ccc(CN4CCNCC4)c(-[n+]4cc5nc(N6CCOCC6)nc(Nc6ccc(N7CCC8(CC7)CC8C(=O)O)cc6)c5c(=O)[nH]4)c3)c3c(=O)[nH]ncc3n2)cc1. The Morgan fingerprint density at radius 3 is 2.29 bits per heavy atom. The minimum Gasteiger partial charge on any atom is -0.497 e. The van der Waals surface area contributed by atoms with Crippen LogP contribution in [0.1, 0.15) is 24.8 Å². The van der Waals surface area contributed by atoms with Crippen LogP contribution in [0, 0.1) is 11.3 Å². The van der Waals surface area contributed by atoms with Gasteiger partial charge in [0.2, 0.25) is 17.8 Å². The van der Waals surface area contributed by atoms with Crippen LogP contribution in [-0.4, -0.2) is 124 Å². The number of carboxylic acids is 1. The van der Waals surface area contributed by atoms with E-state index in [-0.39, 0.29) is 22.5 Å². The van der Waals surface area contributed by atoms with Crippen LogP contribution in [0.3, 0.4) is 0 Å². The lowest BCUT2D eigenvalue weighted by Gasteiger charge is -2.34. The third kappa shape index (κ3) is 8.52. The van der Waals surface area contributed by atoms with Gasteiger partial charge in [-0.2, -0.15) is 10.1 Å². The van der Waals surface area contributed by atoms with Crippen molar-refractivity contribution in [2.24, 2.45) is 11.3 Å². The van der Waals surface area contributed by atoms with Gasteiger partial charge in [0.15, 0.2) is 11.3 Å². The van der Waals surface area contributed by atoms with Crippen molar-refractivity contribution in [2.45, 2.75) is 25.8 Å². The van der Waals surface area contributed by atoms with Crippen LogP contribution < -0.4 is 46.3 Å². The number of nitrogens with one attached hydrogen (secondary N) is 5. The number of anilines is 6. The van der Waals surface area contributed by atoms with E-state index in [2.05, 4.69) is 50.9 Å². The van der Waals surface area contributed by atoms with Crippen LogP contribution >= 0.6 is 0 Å². The Hall–Kier alpha value is -7.55. The number of morpholine rings is 1. The minimum atomic E-state index is -0.680. The van der Waals surface area contributed by atoms with E-state index in [9.17, 15) is 19.5 Å². The van der Waals surface area contributed by atoms with E-state index in [1.807, 2.05) is 72.9 Å². The summed E-state index contributed by atoms with van der Waals surface area (Å²) in [5.41, 5.74) is 4.68. The molecule has 4 fully saturated rings. The number of aliphatic carboxylic acids is 1. The zero-order valence-corrected chi connectivity index (χ0v) is 37.5. The number of piperazine rings is 1. The number of benzene rings is 3.